The van der Waals surface area contributed by atoms with Gasteiger partial charge in [-0.25, -0.2) is 0 Å². The lowest BCUT2D eigenvalue weighted by molar-refractivity contribution is -0.140. The molecule has 5 saturated carbocycles. The zero-order chi connectivity index (χ0) is 20.6. The summed E-state index contributed by atoms with van der Waals surface area (Å²) in [6, 6.07) is 0. The van der Waals surface area contributed by atoms with Crippen LogP contribution in [0, 0.1) is 47.3 Å². The molecule has 0 bridgehead atoms. The first-order valence-corrected chi connectivity index (χ1v) is 14.6. The zero-order valence-electron chi connectivity index (χ0n) is 20.0. The third-order valence-corrected chi connectivity index (χ3v) is 11.2. The highest BCUT2D eigenvalue weighted by atomic mass is 16.5. The Morgan fingerprint density at radius 3 is 1.35 bits per heavy atom. The smallest absolute Gasteiger partial charge is 0.0610 e. The number of hydrogen-bond acceptors (Lipinski definition) is 2. The molecule has 0 radical (unpaired) electrons. The fraction of sp³-hybridized carbons (Fsp3) is 1.00. The minimum absolute atomic E-state index is 0.542. The van der Waals surface area contributed by atoms with Gasteiger partial charge in [-0.15, -0.1) is 0 Å². The molecule has 1 heterocycles. The van der Waals surface area contributed by atoms with E-state index in [1.165, 1.54) is 109 Å². The van der Waals surface area contributed by atoms with Crippen molar-refractivity contribution in [3.8, 4) is 0 Å². The van der Waals surface area contributed by atoms with Crippen molar-refractivity contribution in [1.82, 2.24) is 0 Å². The fourth-order valence-electron chi connectivity index (χ4n) is 9.77. The summed E-state index contributed by atoms with van der Waals surface area (Å²) in [6.07, 6.45) is 25.8. The zero-order valence-corrected chi connectivity index (χ0v) is 20.0. The van der Waals surface area contributed by atoms with Crippen LogP contribution in [-0.4, -0.2) is 25.4 Å². The van der Waals surface area contributed by atoms with Gasteiger partial charge in [0.25, 0.3) is 0 Å². The number of hydrogen-bond donors (Lipinski definition) is 0. The lowest BCUT2D eigenvalue weighted by atomic mass is 9.53. The van der Waals surface area contributed by atoms with Crippen LogP contribution in [0.4, 0.5) is 0 Å². The molecule has 1 aliphatic heterocycles. The second kappa shape index (κ2) is 9.65. The van der Waals surface area contributed by atoms with Gasteiger partial charge in [0, 0.05) is 5.92 Å². The third kappa shape index (κ3) is 4.27. The van der Waals surface area contributed by atoms with Crippen molar-refractivity contribution in [3.63, 3.8) is 0 Å². The van der Waals surface area contributed by atoms with Gasteiger partial charge in [-0.3, -0.25) is 0 Å². The van der Waals surface area contributed by atoms with Crippen LogP contribution < -0.4 is 0 Å². The molecule has 0 N–H and O–H groups in total. The summed E-state index contributed by atoms with van der Waals surface area (Å²) in [4.78, 5) is 0. The van der Waals surface area contributed by atoms with E-state index in [2.05, 4.69) is 0 Å². The molecule has 2 nitrogen and oxygen atoms in total. The van der Waals surface area contributed by atoms with Crippen molar-refractivity contribution >= 4 is 0 Å². The summed E-state index contributed by atoms with van der Waals surface area (Å²) in [5.41, 5.74) is 0. The molecule has 6 fully saturated rings. The van der Waals surface area contributed by atoms with Crippen LogP contribution in [0.25, 0.3) is 0 Å². The van der Waals surface area contributed by atoms with Crippen LogP contribution in [0.2, 0.25) is 0 Å². The van der Waals surface area contributed by atoms with E-state index in [0.717, 1.165) is 54.6 Å². The molecule has 0 aromatic rings. The molecular formula is C29H48O2. The van der Waals surface area contributed by atoms with Crippen LogP contribution in [0.5, 0.6) is 0 Å². The molecule has 9 atom stereocenters. The van der Waals surface area contributed by atoms with Crippen molar-refractivity contribution in [2.24, 2.45) is 47.3 Å². The fourth-order valence-corrected chi connectivity index (χ4v) is 9.77. The first kappa shape index (κ1) is 21.5. The predicted octanol–water partition coefficient (Wildman–Crippen LogP) is 7.40. The molecule has 31 heavy (non-hydrogen) atoms. The maximum Gasteiger partial charge on any atom is 0.0610 e. The Labute approximate surface area is 191 Å². The van der Waals surface area contributed by atoms with Crippen LogP contribution in [0.15, 0.2) is 0 Å². The second-order valence-electron chi connectivity index (χ2n) is 12.6. The highest BCUT2D eigenvalue weighted by Crippen LogP contribution is 2.56. The van der Waals surface area contributed by atoms with E-state index in [9.17, 15) is 0 Å². The molecule has 8 unspecified atom stereocenters. The number of fused-ring (bicyclic) bond motifs is 7. The lowest BCUT2D eigenvalue weighted by Gasteiger charge is -2.55. The summed E-state index contributed by atoms with van der Waals surface area (Å²) in [7, 11) is 0. The van der Waals surface area contributed by atoms with Gasteiger partial charge in [0.05, 0.1) is 25.4 Å². The van der Waals surface area contributed by atoms with Gasteiger partial charge < -0.3 is 9.47 Å². The molecule has 0 spiro atoms. The Morgan fingerprint density at radius 2 is 0.806 bits per heavy atom. The second-order valence-corrected chi connectivity index (χ2v) is 12.6. The molecule has 6 aliphatic rings. The molecule has 0 aromatic carbocycles. The van der Waals surface area contributed by atoms with Gasteiger partial charge in [-0.1, -0.05) is 70.6 Å². The van der Waals surface area contributed by atoms with E-state index >= 15 is 0 Å². The number of ether oxygens (including phenoxy) is 2. The van der Waals surface area contributed by atoms with Gasteiger partial charge in [-0.05, 0) is 80.0 Å². The van der Waals surface area contributed by atoms with Crippen molar-refractivity contribution in [3.05, 3.63) is 0 Å². The topological polar surface area (TPSA) is 18.5 Å². The molecule has 0 aromatic heterocycles. The Kier molecular flexibility index (Phi) is 6.68. The predicted molar refractivity (Wildman–Crippen MR) is 126 cm³/mol. The maximum atomic E-state index is 7.03. The van der Waals surface area contributed by atoms with Crippen molar-refractivity contribution in [1.29, 1.82) is 0 Å². The van der Waals surface area contributed by atoms with Crippen LogP contribution in [0.3, 0.4) is 0 Å². The van der Waals surface area contributed by atoms with Gasteiger partial charge >= 0.3 is 0 Å². The monoisotopic (exact) mass is 428 g/mol. The molecule has 0 amide bonds. The molecule has 176 valence electrons. The van der Waals surface area contributed by atoms with E-state index in [-0.39, 0.29) is 0 Å². The van der Waals surface area contributed by atoms with Gasteiger partial charge in [0.15, 0.2) is 0 Å². The maximum absolute atomic E-state index is 7.03. The lowest BCUT2D eigenvalue weighted by Crippen LogP contribution is -2.53. The van der Waals surface area contributed by atoms with Crippen molar-refractivity contribution in [2.45, 2.75) is 121 Å². The summed E-state index contributed by atoms with van der Waals surface area (Å²) < 4.78 is 14.1. The van der Waals surface area contributed by atoms with Crippen molar-refractivity contribution < 1.29 is 9.47 Å². The first-order valence-electron chi connectivity index (χ1n) is 14.6. The van der Waals surface area contributed by atoms with E-state index in [1.54, 1.807) is 0 Å². The van der Waals surface area contributed by atoms with Crippen LogP contribution >= 0.6 is 0 Å². The summed E-state index contributed by atoms with van der Waals surface area (Å²) in [6.45, 7) is 1.99. The summed E-state index contributed by atoms with van der Waals surface area (Å²) >= 11 is 0. The standard InChI is InChI=1S/C29H48O2/c1-2-8-20(9-3-1)23-18-30-26-16-14-21-10-4-6-12-24(21)28(26)29-25-13-7-5-11-22(25)15-17-27(29)31-19-23/h20-29H,1-19H2/t21?,22?,23?,24-,25?,26?,27?,28?,29?/m1/s1. The minimum Gasteiger partial charge on any atom is -0.378 e. The first-order chi connectivity index (χ1) is 15.4. The summed E-state index contributed by atoms with van der Waals surface area (Å²) in [5.74, 6) is 7.01. The highest BCUT2D eigenvalue weighted by molar-refractivity contribution is 5.02. The normalized spacial score (nSPS) is 49.4. The van der Waals surface area contributed by atoms with E-state index in [0.29, 0.717) is 18.1 Å². The Hall–Kier alpha value is -0.0800. The molecular weight excluding hydrogens is 380 g/mol. The average Bonchev–Trinajstić information content (AvgIpc) is 2.92. The van der Waals surface area contributed by atoms with E-state index < -0.39 is 0 Å². The Bertz CT molecular complexity index is 541. The van der Waals surface area contributed by atoms with Gasteiger partial charge in [-0.2, -0.15) is 0 Å². The van der Waals surface area contributed by atoms with E-state index in [1.807, 2.05) is 0 Å². The van der Waals surface area contributed by atoms with Gasteiger partial charge in [0.1, 0.15) is 0 Å². The number of rotatable bonds is 1. The molecule has 1 saturated heterocycles. The molecule has 6 rings (SSSR count). The molecule has 2 heteroatoms. The SMILES string of the molecule is C1CCC(C2COC3CCC4CCCCC4C3C3C(CCC4CCCC[C@H]43)OC2)CC1. The van der Waals surface area contributed by atoms with Gasteiger partial charge in [0.2, 0.25) is 0 Å². The quantitative estimate of drug-likeness (QED) is 0.433. The van der Waals surface area contributed by atoms with E-state index in [4.69, 9.17) is 9.47 Å². The Balaban J connectivity index is 1.30. The van der Waals surface area contributed by atoms with Crippen LogP contribution in [-0.2, 0) is 9.47 Å². The molecule has 5 aliphatic carbocycles. The van der Waals surface area contributed by atoms with Crippen LogP contribution in [0.1, 0.15) is 109 Å². The van der Waals surface area contributed by atoms with Crippen molar-refractivity contribution in [2.75, 3.05) is 13.2 Å². The summed E-state index contributed by atoms with van der Waals surface area (Å²) in [5, 5.41) is 0. The average molecular weight is 429 g/mol. The third-order valence-electron chi connectivity index (χ3n) is 11.2. The minimum atomic E-state index is 0.542. The highest BCUT2D eigenvalue weighted by Gasteiger charge is 2.53. The Morgan fingerprint density at radius 1 is 0.355 bits per heavy atom. The largest absolute Gasteiger partial charge is 0.378 e.